The minimum Gasteiger partial charge on any atom is -0.260 e. The molecule has 0 saturated carbocycles. The molecule has 0 atom stereocenters. The summed E-state index contributed by atoms with van der Waals surface area (Å²) in [4.78, 5) is 0. The van der Waals surface area contributed by atoms with Crippen molar-refractivity contribution in [2.24, 2.45) is 7.05 Å². The second-order valence-corrected chi connectivity index (χ2v) is 3.20. The Morgan fingerprint density at radius 2 is 2.20 bits per heavy atom. The molecule has 0 saturated heterocycles. The van der Waals surface area contributed by atoms with Gasteiger partial charge >= 0.3 is 0 Å². The van der Waals surface area contributed by atoms with E-state index in [0.29, 0.717) is 5.15 Å². The van der Waals surface area contributed by atoms with E-state index in [1.54, 1.807) is 16.4 Å². The first-order chi connectivity index (χ1) is 4.66. The van der Waals surface area contributed by atoms with E-state index in [1.807, 2.05) is 20.2 Å². The van der Waals surface area contributed by atoms with Crippen LogP contribution in [0.2, 0.25) is 5.15 Å². The lowest BCUT2D eigenvalue weighted by Crippen LogP contribution is -1.91. The van der Waals surface area contributed by atoms with Crippen LogP contribution in [0, 0.1) is 6.92 Å². The van der Waals surface area contributed by atoms with Crippen LogP contribution in [0.15, 0.2) is 5.03 Å². The highest BCUT2D eigenvalue weighted by Gasteiger charge is 2.07. The predicted molar refractivity (Wildman–Crippen MR) is 44.7 cm³/mol. The van der Waals surface area contributed by atoms with Gasteiger partial charge in [-0.1, -0.05) is 11.6 Å². The molecule has 0 aliphatic heterocycles. The Hall–Kier alpha value is -0.150. The topological polar surface area (TPSA) is 17.8 Å². The van der Waals surface area contributed by atoms with Crippen LogP contribution in [-0.2, 0) is 7.05 Å². The zero-order valence-electron chi connectivity index (χ0n) is 6.18. The standard InChI is InChI=1S/C6H9ClN2S/c1-4-5(7)8-9(2)6(4)10-3/h1-3H3. The van der Waals surface area contributed by atoms with Crippen molar-refractivity contribution in [2.75, 3.05) is 6.26 Å². The van der Waals surface area contributed by atoms with Crippen molar-refractivity contribution in [1.29, 1.82) is 0 Å². The summed E-state index contributed by atoms with van der Waals surface area (Å²) in [7, 11) is 1.89. The summed E-state index contributed by atoms with van der Waals surface area (Å²) in [6, 6.07) is 0. The number of hydrogen-bond acceptors (Lipinski definition) is 2. The molecule has 0 fully saturated rings. The quantitative estimate of drug-likeness (QED) is 0.610. The highest BCUT2D eigenvalue weighted by Crippen LogP contribution is 2.24. The maximum absolute atomic E-state index is 5.77. The van der Waals surface area contributed by atoms with Gasteiger partial charge in [-0.2, -0.15) is 5.10 Å². The lowest BCUT2D eigenvalue weighted by molar-refractivity contribution is 0.697. The average molecular weight is 177 g/mol. The Kier molecular flexibility index (Phi) is 2.26. The van der Waals surface area contributed by atoms with Crippen LogP contribution >= 0.6 is 23.4 Å². The number of aryl methyl sites for hydroxylation is 1. The summed E-state index contributed by atoms with van der Waals surface area (Å²) >= 11 is 7.43. The first kappa shape index (κ1) is 7.95. The highest BCUT2D eigenvalue weighted by atomic mass is 35.5. The molecule has 1 rings (SSSR count). The Balaban J connectivity index is 3.20. The highest BCUT2D eigenvalue weighted by molar-refractivity contribution is 7.98. The molecule has 0 aliphatic rings. The van der Waals surface area contributed by atoms with E-state index in [4.69, 9.17) is 11.6 Å². The van der Waals surface area contributed by atoms with E-state index >= 15 is 0 Å². The lowest BCUT2D eigenvalue weighted by Gasteiger charge is -1.95. The molecular weight excluding hydrogens is 168 g/mol. The second-order valence-electron chi connectivity index (χ2n) is 2.05. The predicted octanol–water partition coefficient (Wildman–Crippen LogP) is 2.10. The summed E-state index contributed by atoms with van der Waals surface area (Å²) in [5, 5.41) is 5.78. The first-order valence-electron chi connectivity index (χ1n) is 2.90. The van der Waals surface area contributed by atoms with Crippen LogP contribution < -0.4 is 0 Å². The smallest absolute Gasteiger partial charge is 0.155 e. The van der Waals surface area contributed by atoms with Gasteiger partial charge in [0, 0.05) is 12.6 Å². The van der Waals surface area contributed by atoms with Crippen molar-refractivity contribution in [3.05, 3.63) is 10.7 Å². The van der Waals surface area contributed by atoms with Gasteiger partial charge in [-0.3, -0.25) is 4.68 Å². The van der Waals surface area contributed by atoms with Crippen LogP contribution in [0.1, 0.15) is 5.56 Å². The normalized spacial score (nSPS) is 10.4. The minimum absolute atomic E-state index is 0.604. The fraction of sp³-hybridized carbons (Fsp3) is 0.500. The summed E-state index contributed by atoms with van der Waals surface area (Å²) in [5.41, 5.74) is 1.07. The van der Waals surface area contributed by atoms with Crippen LogP contribution in [0.25, 0.3) is 0 Å². The van der Waals surface area contributed by atoms with E-state index < -0.39 is 0 Å². The van der Waals surface area contributed by atoms with Crippen LogP contribution in [0.4, 0.5) is 0 Å². The van der Waals surface area contributed by atoms with Gasteiger partial charge in [0.2, 0.25) is 0 Å². The zero-order chi connectivity index (χ0) is 7.72. The molecule has 0 N–H and O–H groups in total. The van der Waals surface area contributed by atoms with E-state index in [9.17, 15) is 0 Å². The molecule has 0 bridgehead atoms. The number of hydrogen-bond donors (Lipinski definition) is 0. The second kappa shape index (κ2) is 2.84. The number of halogens is 1. The van der Waals surface area contributed by atoms with Gasteiger partial charge in [-0.15, -0.1) is 11.8 Å². The van der Waals surface area contributed by atoms with Crippen LogP contribution in [0.3, 0.4) is 0 Å². The third-order valence-corrected chi connectivity index (χ3v) is 2.67. The van der Waals surface area contributed by atoms with Gasteiger partial charge < -0.3 is 0 Å². The molecule has 0 aromatic carbocycles. The lowest BCUT2D eigenvalue weighted by atomic mass is 10.4. The molecule has 0 aliphatic carbocycles. The van der Waals surface area contributed by atoms with Gasteiger partial charge in [0.15, 0.2) is 5.15 Å². The molecule has 1 aromatic heterocycles. The SMILES string of the molecule is CSc1c(C)c(Cl)nn1C. The van der Waals surface area contributed by atoms with E-state index in [2.05, 4.69) is 5.10 Å². The van der Waals surface area contributed by atoms with E-state index in [0.717, 1.165) is 10.6 Å². The largest absolute Gasteiger partial charge is 0.260 e. The molecule has 1 aromatic rings. The number of rotatable bonds is 1. The molecule has 4 heteroatoms. The Labute approximate surface area is 69.6 Å². The van der Waals surface area contributed by atoms with Crippen molar-refractivity contribution < 1.29 is 0 Å². The fourth-order valence-corrected chi connectivity index (χ4v) is 1.84. The average Bonchev–Trinajstić information content (AvgIpc) is 2.09. The van der Waals surface area contributed by atoms with Crippen molar-refractivity contribution >= 4 is 23.4 Å². The van der Waals surface area contributed by atoms with E-state index in [1.165, 1.54) is 0 Å². The van der Waals surface area contributed by atoms with Crippen molar-refractivity contribution in [3.8, 4) is 0 Å². The van der Waals surface area contributed by atoms with Gasteiger partial charge in [0.25, 0.3) is 0 Å². The Morgan fingerprint density at radius 3 is 2.40 bits per heavy atom. The maximum Gasteiger partial charge on any atom is 0.155 e. The first-order valence-corrected chi connectivity index (χ1v) is 4.50. The van der Waals surface area contributed by atoms with Gasteiger partial charge in [0.1, 0.15) is 0 Å². The maximum atomic E-state index is 5.77. The number of thioether (sulfide) groups is 1. The molecule has 2 nitrogen and oxygen atoms in total. The number of nitrogens with zero attached hydrogens (tertiary/aromatic N) is 2. The molecule has 10 heavy (non-hydrogen) atoms. The van der Waals surface area contributed by atoms with Crippen molar-refractivity contribution in [3.63, 3.8) is 0 Å². The Morgan fingerprint density at radius 1 is 1.60 bits per heavy atom. The third-order valence-electron chi connectivity index (χ3n) is 1.36. The summed E-state index contributed by atoms with van der Waals surface area (Å²) < 4.78 is 1.79. The van der Waals surface area contributed by atoms with Crippen molar-refractivity contribution in [2.45, 2.75) is 11.9 Å². The van der Waals surface area contributed by atoms with Gasteiger partial charge in [-0.05, 0) is 13.2 Å². The van der Waals surface area contributed by atoms with Gasteiger partial charge in [-0.25, -0.2) is 0 Å². The zero-order valence-corrected chi connectivity index (χ0v) is 7.75. The van der Waals surface area contributed by atoms with Crippen LogP contribution in [0.5, 0.6) is 0 Å². The molecule has 0 unspecified atom stereocenters. The molecular formula is C6H9ClN2S. The summed E-state index contributed by atoms with van der Waals surface area (Å²) in [6.45, 7) is 1.97. The molecule has 0 spiro atoms. The van der Waals surface area contributed by atoms with E-state index in [-0.39, 0.29) is 0 Å². The fourth-order valence-electron chi connectivity index (χ4n) is 0.868. The summed E-state index contributed by atoms with van der Waals surface area (Å²) in [5.74, 6) is 0. The molecule has 0 amide bonds. The molecule has 0 radical (unpaired) electrons. The monoisotopic (exact) mass is 176 g/mol. The number of aromatic nitrogens is 2. The van der Waals surface area contributed by atoms with Crippen LogP contribution in [-0.4, -0.2) is 16.0 Å². The molecule has 56 valence electrons. The minimum atomic E-state index is 0.604. The molecule has 1 heterocycles. The third kappa shape index (κ3) is 1.16. The van der Waals surface area contributed by atoms with Gasteiger partial charge in [0.05, 0.1) is 5.03 Å². The Bertz CT molecular complexity index is 244. The van der Waals surface area contributed by atoms with Crippen molar-refractivity contribution in [1.82, 2.24) is 9.78 Å². The summed E-state index contributed by atoms with van der Waals surface area (Å²) in [6.07, 6.45) is 2.01.